The summed E-state index contributed by atoms with van der Waals surface area (Å²) in [7, 11) is -3.86. The van der Waals surface area contributed by atoms with Crippen LogP contribution >= 0.6 is 22.9 Å². The largest absolute Gasteiger partial charge is 0.293 e. The van der Waals surface area contributed by atoms with Gasteiger partial charge < -0.3 is 0 Å². The summed E-state index contributed by atoms with van der Waals surface area (Å²) < 4.78 is 26.3. The number of hydrogen-bond acceptors (Lipinski definition) is 6. The Kier molecular flexibility index (Phi) is 3.83. The quantitative estimate of drug-likeness (QED) is 0.689. The smallest absolute Gasteiger partial charge is 0.266 e. The van der Waals surface area contributed by atoms with Gasteiger partial charge in [0.25, 0.3) is 10.0 Å². The van der Waals surface area contributed by atoms with E-state index in [4.69, 9.17) is 11.6 Å². The number of thiazole rings is 1. The summed E-state index contributed by atoms with van der Waals surface area (Å²) >= 11 is 6.75. The van der Waals surface area contributed by atoms with E-state index in [2.05, 4.69) is 14.7 Å². The van der Waals surface area contributed by atoms with Crippen molar-refractivity contribution in [1.82, 2.24) is 9.97 Å². The lowest BCUT2D eigenvalue weighted by Gasteiger charge is -2.05. The van der Waals surface area contributed by atoms with Gasteiger partial charge in [0.15, 0.2) is 10.9 Å². The summed E-state index contributed by atoms with van der Waals surface area (Å²) in [5.41, 5.74) is 0.208. The number of carbonyl (C=O) groups is 1. The Labute approximate surface area is 118 Å². The zero-order valence-corrected chi connectivity index (χ0v) is 12.0. The normalized spacial score (nSPS) is 11.3. The Morgan fingerprint density at radius 3 is 2.79 bits per heavy atom. The number of ketones is 1. The molecule has 1 N–H and O–H groups in total. The molecule has 2 aromatic heterocycles. The Balaban J connectivity index is 2.31. The van der Waals surface area contributed by atoms with E-state index in [-0.39, 0.29) is 26.7 Å². The lowest BCUT2D eigenvalue weighted by Crippen LogP contribution is -2.13. The van der Waals surface area contributed by atoms with Crippen molar-refractivity contribution in [3.63, 3.8) is 0 Å². The number of Topliss-reactive ketones (excluding diaryl/α,β-unsaturated/α-hetero) is 1. The minimum Gasteiger partial charge on any atom is -0.293 e. The summed E-state index contributed by atoms with van der Waals surface area (Å²) in [4.78, 5) is 18.5. The summed E-state index contributed by atoms with van der Waals surface area (Å²) in [6.45, 7) is 1.35. The lowest BCUT2D eigenvalue weighted by atomic mass is 10.4. The van der Waals surface area contributed by atoms with Gasteiger partial charge >= 0.3 is 0 Å². The molecule has 0 fully saturated rings. The van der Waals surface area contributed by atoms with Gasteiger partial charge in [-0.1, -0.05) is 11.6 Å². The van der Waals surface area contributed by atoms with Gasteiger partial charge in [0, 0.05) is 18.5 Å². The topological polar surface area (TPSA) is 89.0 Å². The molecular weight excluding hydrogens is 310 g/mol. The van der Waals surface area contributed by atoms with Crippen LogP contribution in [-0.2, 0) is 10.0 Å². The maximum absolute atomic E-state index is 12.0. The molecule has 0 aliphatic heterocycles. The zero-order chi connectivity index (χ0) is 14.0. The highest BCUT2D eigenvalue weighted by Gasteiger charge is 2.20. The third-order valence-electron chi connectivity index (χ3n) is 2.10. The monoisotopic (exact) mass is 317 g/mol. The molecule has 2 aromatic rings. The molecule has 0 aromatic carbocycles. The van der Waals surface area contributed by atoms with Crippen molar-refractivity contribution < 1.29 is 13.2 Å². The number of pyridine rings is 1. The maximum atomic E-state index is 12.0. The van der Waals surface area contributed by atoms with E-state index in [9.17, 15) is 13.2 Å². The second kappa shape index (κ2) is 5.24. The number of aromatic nitrogens is 2. The van der Waals surface area contributed by atoms with Gasteiger partial charge in [0.1, 0.15) is 15.7 Å². The second-order valence-corrected chi connectivity index (χ2v) is 6.36. The number of nitrogens with zero attached hydrogens (tertiary/aromatic N) is 2. The number of rotatable bonds is 4. The fourth-order valence-electron chi connectivity index (χ4n) is 1.22. The molecule has 0 atom stereocenters. The van der Waals surface area contributed by atoms with Crippen LogP contribution in [0.3, 0.4) is 0 Å². The minimum atomic E-state index is -3.86. The highest BCUT2D eigenvalue weighted by atomic mass is 35.5. The van der Waals surface area contributed by atoms with Gasteiger partial charge in [-0.25, -0.2) is 18.4 Å². The molecule has 0 amide bonds. The van der Waals surface area contributed by atoms with Crippen molar-refractivity contribution in [2.75, 3.05) is 4.72 Å². The average Bonchev–Trinajstić information content (AvgIpc) is 2.77. The molecule has 9 heteroatoms. The van der Waals surface area contributed by atoms with Crippen LogP contribution in [0.25, 0.3) is 0 Å². The fourth-order valence-corrected chi connectivity index (χ4v) is 3.68. The standard InChI is InChI=1S/C10H8ClN3O3S2/c1-6(15)7-5-18-10(13-7)14-19(16,17)8-3-2-4-12-9(8)11/h2-5H,1H3,(H,13,14). The van der Waals surface area contributed by atoms with E-state index in [0.29, 0.717) is 0 Å². The van der Waals surface area contributed by atoms with Gasteiger partial charge in [-0.3, -0.25) is 9.52 Å². The van der Waals surface area contributed by atoms with E-state index in [1.165, 1.54) is 30.6 Å². The van der Waals surface area contributed by atoms with Crippen LogP contribution in [0, 0.1) is 0 Å². The SMILES string of the molecule is CC(=O)c1csc(NS(=O)(=O)c2cccnc2Cl)n1. The van der Waals surface area contributed by atoms with Crippen LogP contribution in [0.2, 0.25) is 5.15 Å². The Hall–Kier alpha value is -1.51. The molecule has 6 nitrogen and oxygen atoms in total. The molecule has 0 radical (unpaired) electrons. The van der Waals surface area contributed by atoms with E-state index in [1.807, 2.05) is 0 Å². The number of anilines is 1. The fraction of sp³-hybridized carbons (Fsp3) is 0.100. The number of nitrogens with one attached hydrogen (secondary N) is 1. The number of carbonyl (C=O) groups excluding carboxylic acids is 1. The summed E-state index contributed by atoms with van der Waals surface area (Å²) in [5, 5.41) is 1.45. The van der Waals surface area contributed by atoms with Crippen LogP contribution in [0.4, 0.5) is 5.13 Å². The first-order valence-electron chi connectivity index (χ1n) is 5.00. The number of hydrogen-bond donors (Lipinski definition) is 1. The molecule has 19 heavy (non-hydrogen) atoms. The van der Waals surface area contributed by atoms with Crippen molar-refractivity contribution in [3.05, 3.63) is 34.6 Å². The molecule has 100 valence electrons. The molecule has 0 saturated heterocycles. The highest BCUT2D eigenvalue weighted by Crippen LogP contribution is 2.23. The summed E-state index contributed by atoms with van der Waals surface area (Å²) in [6, 6.07) is 2.79. The molecule has 0 bridgehead atoms. The summed E-state index contributed by atoms with van der Waals surface area (Å²) in [5.74, 6) is -0.235. The Bertz CT molecular complexity index is 727. The first kappa shape index (κ1) is 13.9. The molecule has 0 unspecified atom stereocenters. The molecule has 0 aliphatic carbocycles. The van der Waals surface area contributed by atoms with Crippen molar-refractivity contribution in [2.45, 2.75) is 11.8 Å². The molecule has 2 rings (SSSR count). The zero-order valence-electron chi connectivity index (χ0n) is 9.62. The van der Waals surface area contributed by atoms with Gasteiger partial charge in [0.2, 0.25) is 0 Å². The highest BCUT2D eigenvalue weighted by molar-refractivity contribution is 7.93. The number of sulfonamides is 1. The second-order valence-electron chi connectivity index (χ2n) is 3.49. The van der Waals surface area contributed by atoms with E-state index >= 15 is 0 Å². The molecule has 2 heterocycles. The van der Waals surface area contributed by atoms with Crippen LogP contribution in [0.5, 0.6) is 0 Å². The van der Waals surface area contributed by atoms with Gasteiger partial charge in [-0.2, -0.15) is 0 Å². The van der Waals surface area contributed by atoms with Crippen LogP contribution < -0.4 is 4.72 Å². The molecular formula is C10H8ClN3O3S2. The van der Waals surface area contributed by atoms with Crippen molar-refractivity contribution in [2.24, 2.45) is 0 Å². The first-order valence-corrected chi connectivity index (χ1v) is 7.74. The minimum absolute atomic E-state index is 0.102. The predicted molar refractivity (Wildman–Crippen MR) is 72.2 cm³/mol. The van der Waals surface area contributed by atoms with Crippen LogP contribution in [0.1, 0.15) is 17.4 Å². The van der Waals surface area contributed by atoms with Crippen molar-refractivity contribution >= 4 is 43.9 Å². The lowest BCUT2D eigenvalue weighted by molar-refractivity contribution is 0.101. The van der Waals surface area contributed by atoms with Crippen molar-refractivity contribution in [1.29, 1.82) is 0 Å². The van der Waals surface area contributed by atoms with E-state index in [0.717, 1.165) is 11.3 Å². The van der Waals surface area contributed by atoms with Crippen LogP contribution in [0.15, 0.2) is 28.6 Å². The maximum Gasteiger partial charge on any atom is 0.266 e. The third kappa shape index (κ3) is 3.09. The third-order valence-corrected chi connectivity index (χ3v) is 4.77. The average molecular weight is 318 g/mol. The van der Waals surface area contributed by atoms with Gasteiger partial charge in [0.05, 0.1) is 0 Å². The Morgan fingerprint density at radius 1 is 1.47 bits per heavy atom. The number of halogens is 1. The Morgan fingerprint density at radius 2 is 2.21 bits per heavy atom. The summed E-state index contributed by atoms with van der Waals surface area (Å²) in [6.07, 6.45) is 1.39. The van der Waals surface area contributed by atoms with Gasteiger partial charge in [-0.05, 0) is 12.1 Å². The van der Waals surface area contributed by atoms with Gasteiger partial charge in [-0.15, -0.1) is 11.3 Å². The first-order chi connectivity index (χ1) is 8.90. The van der Waals surface area contributed by atoms with Crippen molar-refractivity contribution in [3.8, 4) is 0 Å². The van der Waals surface area contributed by atoms with E-state index < -0.39 is 10.0 Å². The molecule has 0 spiro atoms. The van der Waals surface area contributed by atoms with E-state index in [1.54, 1.807) is 0 Å². The van der Waals surface area contributed by atoms with Crippen LogP contribution in [-0.4, -0.2) is 24.2 Å². The predicted octanol–water partition coefficient (Wildman–Crippen LogP) is 2.19. The molecule has 0 aliphatic rings. The molecule has 0 saturated carbocycles.